The van der Waals surface area contributed by atoms with Crippen LogP contribution in [0, 0.1) is 0 Å². The number of hydrogen-bond acceptors (Lipinski definition) is 5. The van der Waals surface area contributed by atoms with Gasteiger partial charge in [-0.15, -0.1) is 5.10 Å². The number of amides is 2. The first-order valence-electron chi connectivity index (χ1n) is 4.71. The molecule has 1 aromatic rings. The van der Waals surface area contributed by atoms with Crippen LogP contribution in [0.2, 0.25) is 0 Å². The van der Waals surface area contributed by atoms with Crippen molar-refractivity contribution < 1.29 is 4.79 Å². The Labute approximate surface area is 92.0 Å². The van der Waals surface area contributed by atoms with E-state index < -0.39 is 0 Å². The Bertz CT molecular complexity index is 366. The van der Waals surface area contributed by atoms with E-state index in [9.17, 15) is 4.79 Å². The number of aromatic nitrogens is 2. The number of nitrogens with zero attached hydrogens (tertiary/aromatic N) is 4. The second kappa shape index (κ2) is 4.01. The van der Waals surface area contributed by atoms with Gasteiger partial charge in [0.1, 0.15) is 10.7 Å². The second-order valence-corrected chi connectivity index (χ2v) is 4.18. The highest BCUT2D eigenvalue weighted by Gasteiger charge is 2.26. The molecule has 0 aliphatic carbocycles. The van der Waals surface area contributed by atoms with Gasteiger partial charge in [-0.25, -0.2) is 4.79 Å². The van der Waals surface area contributed by atoms with Crippen molar-refractivity contribution in [3.8, 4) is 0 Å². The van der Waals surface area contributed by atoms with Crippen LogP contribution in [0.25, 0.3) is 0 Å². The van der Waals surface area contributed by atoms with E-state index in [0.717, 1.165) is 23.8 Å². The third kappa shape index (κ3) is 1.87. The Hall–Kier alpha value is -1.37. The summed E-state index contributed by atoms with van der Waals surface area (Å²) in [7, 11) is 3.64. The van der Waals surface area contributed by atoms with Crippen molar-refractivity contribution in [2.24, 2.45) is 0 Å². The van der Waals surface area contributed by atoms with Gasteiger partial charge in [0.15, 0.2) is 0 Å². The molecular weight excluding hydrogens is 214 g/mol. The summed E-state index contributed by atoms with van der Waals surface area (Å²) in [5, 5.41) is 7.95. The van der Waals surface area contributed by atoms with Gasteiger partial charge in [0, 0.05) is 38.7 Å². The lowest BCUT2D eigenvalue weighted by atomic mass is 10.4. The molecule has 0 bridgehead atoms. The Morgan fingerprint density at radius 2 is 2.33 bits per heavy atom. The van der Waals surface area contributed by atoms with E-state index >= 15 is 0 Å². The third-order valence-electron chi connectivity index (χ3n) is 2.43. The molecule has 2 rings (SSSR count). The molecule has 15 heavy (non-hydrogen) atoms. The predicted octanol–water partition coefficient (Wildman–Crippen LogP) is 0.447. The van der Waals surface area contributed by atoms with Crippen LogP contribution in [-0.4, -0.2) is 52.6 Å². The lowest BCUT2D eigenvalue weighted by Gasteiger charge is -2.14. The normalized spacial score (nSPS) is 16.3. The van der Waals surface area contributed by atoms with Gasteiger partial charge in [0.05, 0.1) is 6.54 Å². The van der Waals surface area contributed by atoms with E-state index in [1.54, 1.807) is 16.8 Å². The fraction of sp³-hybridized carbons (Fsp3) is 0.625. The molecule has 1 aromatic heterocycles. The van der Waals surface area contributed by atoms with E-state index in [1.807, 2.05) is 7.05 Å². The first-order chi connectivity index (χ1) is 7.22. The van der Waals surface area contributed by atoms with Crippen molar-refractivity contribution in [2.45, 2.75) is 6.54 Å². The van der Waals surface area contributed by atoms with E-state index in [1.165, 1.54) is 11.5 Å². The lowest BCUT2D eigenvalue weighted by Crippen LogP contribution is -2.29. The topological polar surface area (TPSA) is 61.4 Å². The molecule has 0 radical (unpaired) electrons. The average molecular weight is 227 g/mol. The zero-order valence-electron chi connectivity index (χ0n) is 8.73. The van der Waals surface area contributed by atoms with Crippen LogP contribution in [0.4, 0.5) is 9.80 Å². The van der Waals surface area contributed by atoms with Crippen molar-refractivity contribution >= 4 is 22.6 Å². The summed E-state index contributed by atoms with van der Waals surface area (Å²) in [4.78, 5) is 15.1. The second-order valence-electron chi connectivity index (χ2n) is 3.42. The number of urea groups is 1. The van der Waals surface area contributed by atoms with Crippen LogP contribution in [0.5, 0.6) is 0 Å². The van der Waals surface area contributed by atoms with Crippen LogP contribution >= 0.6 is 11.5 Å². The van der Waals surface area contributed by atoms with Crippen molar-refractivity contribution in [3.05, 3.63) is 5.69 Å². The Morgan fingerprint density at radius 3 is 2.93 bits per heavy atom. The first kappa shape index (κ1) is 10.2. The molecule has 2 heterocycles. The van der Waals surface area contributed by atoms with Crippen LogP contribution in [0.3, 0.4) is 0 Å². The minimum absolute atomic E-state index is 0.0602. The summed E-state index contributed by atoms with van der Waals surface area (Å²) in [6, 6.07) is 0.0602. The lowest BCUT2D eigenvalue weighted by molar-refractivity contribution is 0.196. The summed E-state index contributed by atoms with van der Waals surface area (Å²) in [5.74, 6) is 0. The van der Waals surface area contributed by atoms with Gasteiger partial charge in [-0.3, -0.25) is 0 Å². The maximum absolute atomic E-state index is 11.6. The number of carbonyl (C=O) groups excluding carboxylic acids is 1. The van der Waals surface area contributed by atoms with Gasteiger partial charge < -0.3 is 15.1 Å². The minimum atomic E-state index is 0.0602. The van der Waals surface area contributed by atoms with Gasteiger partial charge in [-0.05, 0) is 0 Å². The fourth-order valence-corrected chi connectivity index (χ4v) is 2.06. The molecular formula is C8H13N5OS. The number of likely N-dealkylation sites (N-methyl/N-ethyl adjacent to an activating group) is 1. The van der Waals surface area contributed by atoms with Gasteiger partial charge in [0.25, 0.3) is 0 Å². The molecule has 1 fully saturated rings. The van der Waals surface area contributed by atoms with Crippen molar-refractivity contribution in [2.75, 3.05) is 32.5 Å². The van der Waals surface area contributed by atoms with Crippen LogP contribution in [0.1, 0.15) is 5.69 Å². The van der Waals surface area contributed by atoms with Crippen LogP contribution in [0.15, 0.2) is 0 Å². The van der Waals surface area contributed by atoms with Gasteiger partial charge in [0.2, 0.25) is 0 Å². The molecule has 82 valence electrons. The van der Waals surface area contributed by atoms with Crippen LogP contribution in [-0.2, 0) is 6.54 Å². The zero-order chi connectivity index (χ0) is 10.8. The van der Waals surface area contributed by atoms with E-state index in [2.05, 4.69) is 14.9 Å². The largest absolute Gasteiger partial charge is 0.377 e. The number of anilines is 1. The standard InChI is InChI=1S/C8H13N5OS/c1-9-7-6(10-11-15-7)5-13-4-3-12(2)8(13)14/h9H,3-5H2,1-2H3. The van der Waals surface area contributed by atoms with Gasteiger partial charge >= 0.3 is 6.03 Å². The highest BCUT2D eigenvalue weighted by Crippen LogP contribution is 2.20. The summed E-state index contributed by atoms with van der Waals surface area (Å²) in [6.07, 6.45) is 0. The monoisotopic (exact) mass is 227 g/mol. The SMILES string of the molecule is CNc1snnc1CN1CCN(C)C1=O. The molecule has 0 saturated carbocycles. The Balaban J connectivity index is 2.06. The minimum Gasteiger partial charge on any atom is -0.377 e. The summed E-state index contributed by atoms with van der Waals surface area (Å²) in [5.41, 5.74) is 0.839. The smallest absolute Gasteiger partial charge is 0.320 e. The molecule has 0 unspecified atom stereocenters. The maximum Gasteiger partial charge on any atom is 0.320 e. The summed E-state index contributed by atoms with van der Waals surface area (Å²) >= 11 is 1.31. The molecule has 7 heteroatoms. The molecule has 0 aromatic carbocycles. The summed E-state index contributed by atoms with van der Waals surface area (Å²) in [6.45, 7) is 2.08. The fourth-order valence-electron chi connectivity index (χ4n) is 1.53. The predicted molar refractivity (Wildman–Crippen MR) is 57.9 cm³/mol. The zero-order valence-corrected chi connectivity index (χ0v) is 9.54. The number of rotatable bonds is 3. The molecule has 0 spiro atoms. The van der Waals surface area contributed by atoms with Gasteiger partial charge in [-0.1, -0.05) is 4.49 Å². The molecule has 1 aliphatic heterocycles. The Kier molecular flexibility index (Phi) is 2.72. The summed E-state index contributed by atoms with van der Waals surface area (Å²) < 4.78 is 3.86. The maximum atomic E-state index is 11.6. The molecule has 6 nitrogen and oxygen atoms in total. The van der Waals surface area contributed by atoms with Crippen molar-refractivity contribution in [1.82, 2.24) is 19.4 Å². The van der Waals surface area contributed by atoms with E-state index in [0.29, 0.717) is 6.54 Å². The Morgan fingerprint density at radius 1 is 1.53 bits per heavy atom. The average Bonchev–Trinajstić information content (AvgIpc) is 2.80. The number of carbonyl (C=O) groups is 1. The van der Waals surface area contributed by atoms with Crippen molar-refractivity contribution in [1.29, 1.82) is 0 Å². The van der Waals surface area contributed by atoms with Gasteiger partial charge in [-0.2, -0.15) is 0 Å². The first-order valence-corrected chi connectivity index (χ1v) is 5.48. The van der Waals surface area contributed by atoms with E-state index in [-0.39, 0.29) is 6.03 Å². The quantitative estimate of drug-likeness (QED) is 0.814. The van der Waals surface area contributed by atoms with Crippen LogP contribution < -0.4 is 5.32 Å². The molecule has 1 aliphatic rings. The molecule has 1 saturated heterocycles. The molecule has 1 N–H and O–H groups in total. The highest BCUT2D eigenvalue weighted by molar-refractivity contribution is 7.10. The third-order valence-corrected chi connectivity index (χ3v) is 3.21. The van der Waals surface area contributed by atoms with Crippen molar-refractivity contribution in [3.63, 3.8) is 0 Å². The number of nitrogens with one attached hydrogen (secondary N) is 1. The van der Waals surface area contributed by atoms with E-state index in [4.69, 9.17) is 0 Å². The molecule has 2 amide bonds. The number of hydrogen-bond donors (Lipinski definition) is 1. The highest BCUT2D eigenvalue weighted by atomic mass is 32.1. The molecule has 0 atom stereocenters.